The molecule has 0 spiro atoms. The summed E-state index contributed by atoms with van der Waals surface area (Å²) in [6, 6.07) is 30.1. The summed E-state index contributed by atoms with van der Waals surface area (Å²) in [6.07, 6.45) is 2.03. The molecule has 1 saturated heterocycles. The number of amides is 1. The molecule has 1 aliphatic rings. The predicted molar refractivity (Wildman–Crippen MR) is 131 cm³/mol. The molecule has 1 aliphatic heterocycles. The number of carbonyl (C=O) groups excluding carboxylic acids is 1. The molecule has 0 bridgehead atoms. The van der Waals surface area contributed by atoms with Crippen molar-refractivity contribution in [1.29, 1.82) is 0 Å². The Bertz CT molecular complexity index is 1390. The SMILES string of the molecule is O=C1CS[C@H](c2cn(-c3ccccc3)nc2-c2cc3ccccc3o2)N1Cc1ccccc1. The molecule has 6 rings (SSSR count). The molecule has 6 heteroatoms. The Morgan fingerprint density at radius 2 is 1.67 bits per heavy atom. The van der Waals surface area contributed by atoms with Gasteiger partial charge in [0.05, 0.1) is 11.4 Å². The highest BCUT2D eigenvalue weighted by atomic mass is 32.2. The number of rotatable bonds is 5. The van der Waals surface area contributed by atoms with Crippen molar-refractivity contribution in [3.8, 4) is 17.1 Å². The van der Waals surface area contributed by atoms with Crippen LogP contribution in [-0.2, 0) is 11.3 Å². The molecule has 3 heterocycles. The van der Waals surface area contributed by atoms with E-state index in [4.69, 9.17) is 9.52 Å². The monoisotopic (exact) mass is 451 g/mol. The molecule has 0 unspecified atom stereocenters. The molecule has 33 heavy (non-hydrogen) atoms. The van der Waals surface area contributed by atoms with Crippen molar-refractivity contribution >= 4 is 28.6 Å². The molecular weight excluding hydrogens is 430 g/mol. The van der Waals surface area contributed by atoms with Gasteiger partial charge in [-0.3, -0.25) is 4.79 Å². The second-order valence-corrected chi connectivity index (χ2v) is 9.10. The van der Waals surface area contributed by atoms with Crippen LogP contribution in [0, 0.1) is 0 Å². The number of aromatic nitrogens is 2. The van der Waals surface area contributed by atoms with Gasteiger partial charge in [0, 0.05) is 23.7 Å². The highest BCUT2D eigenvalue weighted by Crippen LogP contribution is 2.44. The molecule has 0 saturated carbocycles. The molecule has 1 atom stereocenters. The third-order valence-electron chi connectivity index (χ3n) is 5.85. The number of para-hydroxylation sites is 2. The minimum absolute atomic E-state index is 0.136. The largest absolute Gasteiger partial charge is 0.454 e. The van der Waals surface area contributed by atoms with Gasteiger partial charge in [-0.25, -0.2) is 4.68 Å². The molecule has 1 fully saturated rings. The zero-order valence-corrected chi connectivity index (χ0v) is 18.6. The maximum atomic E-state index is 12.9. The Hall–Kier alpha value is -3.77. The van der Waals surface area contributed by atoms with Crippen LogP contribution in [0.5, 0.6) is 0 Å². The predicted octanol–water partition coefficient (Wildman–Crippen LogP) is 6.06. The lowest BCUT2D eigenvalue weighted by Gasteiger charge is -2.23. The van der Waals surface area contributed by atoms with Gasteiger partial charge in [-0.2, -0.15) is 5.10 Å². The Morgan fingerprint density at radius 1 is 0.939 bits per heavy atom. The molecule has 1 amide bonds. The second kappa shape index (κ2) is 8.30. The minimum atomic E-state index is -0.140. The van der Waals surface area contributed by atoms with Crippen molar-refractivity contribution < 1.29 is 9.21 Å². The number of fused-ring (bicyclic) bond motifs is 1. The van der Waals surface area contributed by atoms with Gasteiger partial charge in [0.15, 0.2) is 5.76 Å². The van der Waals surface area contributed by atoms with E-state index in [2.05, 4.69) is 12.1 Å². The van der Waals surface area contributed by atoms with E-state index in [1.807, 2.05) is 94.6 Å². The zero-order chi connectivity index (χ0) is 22.2. The summed E-state index contributed by atoms with van der Waals surface area (Å²) < 4.78 is 8.07. The van der Waals surface area contributed by atoms with E-state index in [9.17, 15) is 4.79 Å². The van der Waals surface area contributed by atoms with E-state index in [0.29, 0.717) is 18.1 Å². The fraction of sp³-hybridized carbons (Fsp3) is 0.111. The lowest BCUT2D eigenvalue weighted by Crippen LogP contribution is -2.27. The van der Waals surface area contributed by atoms with E-state index < -0.39 is 0 Å². The fourth-order valence-corrected chi connectivity index (χ4v) is 5.42. The first-order chi connectivity index (χ1) is 16.3. The minimum Gasteiger partial charge on any atom is -0.454 e. The summed E-state index contributed by atoms with van der Waals surface area (Å²) in [6.45, 7) is 0.563. The van der Waals surface area contributed by atoms with Crippen LogP contribution in [0.3, 0.4) is 0 Å². The van der Waals surface area contributed by atoms with Gasteiger partial charge >= 0.3 is 0 Å². The van der Waals surface area contributed by atoms with Crippen molar-refractivity contribution in [2.45, 2.75) is 11.9 Å². The molecule has 5 nitrogen and oxygen atoms in total. The first-order valence-corrected chi connectivity index (χ1v) is 11.9. The number of thioether (sulfide) groups is 1. The fourth-order valence-electron chi connectivity index (χ4n) is 4.23. The summed E-state index contributed by atoms with van der Waals surface area (Å²) in [4.78, 5) is 14.8. The van der Waals surface area contributed by atoms with Crippen LogP contribution in [0.2, 0.25) is 0 Å². The van der Waals surface area contributed by atoms with Gasteiger partial charge in [-0.15, -0.1) is 11.8 Å². The third-order valence-corrected chi connectivity index (χ3v) is 7.09. The van der Waals surface area contributed by atoms with Gasteiger partial charge in [0.2, 0.25) is 5.91 Å². The van der Waals surface area contributed by atoms with E-state index in [0.717, 1.165) is 33.5 Å². The second-order valence-electron chi connectivity index (χ2n) is 8.03. The Balaban J connectivity index is 1.47. The van der Waals surface area contributed by atoms with Crippen molar-refractivity contribution in [3.05, 3.63) is 108 Å². The third kappa shape index (κ3) is 3.72. The topological polar surface area (TPSA) is 51.3 Å². The summed E-state index contributed by atoms with van der Waals surface area (Å²) in [5.74, 6) is 1.30. The van der Waals surface area contributed by atoms with Gasteiger partial charge in [-0.1, -0.05) is 66.7 Å². The summed E-state index contributed by atoms with van der Waals surface area (Å²) >= 11 is 1.64. The molecule has 3 aromatic carbocycles. The summed E-state index contributed by atoms with van der Waals surface area (Å²) in [5, 5.41) is 5.82. The number of benzene rings is 3. The Labute approximate surface area is 195 Å². The quantitative estimate of drug-likeness (QED) is 0.326. The van der Waals surface area contributed by atoms with Gasteiger partial charge in [0.25, 0.3) is 0 Å². The molecule has 2 aromatic heterocycles. The smallest absolute Gasteiger partial charge is 0.234 e. The van der Waals surface area contributed by atoms with E-state index >= 15 is 0 Å². The van der Waals surface area contributed by atoms with Crippen LogP contribution >= 0.6 is 11.8 Å². The average Bonchev–Trinajstić information content (AvgIpc) is 3.57. The highest BCUT2D eigenvalue weighted by molar-refractivity contribution is 8.00. The normalized spacial score (nSPS) is 16.1. The van der Waals surface area contributed by atoms with Gasteiger partial charge < -0.3 is 9.32 Å². The molecule has 162 valence electrons. The van der Waals surface area contributed by atoms with Crippen molar-refractivity contribution in [3.63, 3.8) is 0 Å². The Morgan fingerprint density at radius 3 is 2.45 bits per heavy atom. The summed E-state index contributed by atoms with van der Waals surface area (Å²) in [7, 11) is 0. The molecule has 0 N–H and O–H groups in total. The van der Waals surface area contributed by atoms with Crippen molar-refractivity contribution in [2.75, 3.05) is 5.75 Å². The van der Waals surface area contributed by atoms with Crippen LogP contribution in [0.25, 0.3) is 28.1 Å². The van der Waals surface area contributed by atoms with Crippen LogP contribution in [-0.4, -0.2) is 26.3 Å². The number of carbonyl (C=O) groups is 1. The standard InChI is InChI=1S/C27H21N3O2S/c31-25-18-33-27(29(25)16-19-9-3-1-4-10-19)22-17-30(21-12-5-2-6-13-21)28-26(22)24-15-20-11-7-8-14-23(20)32-24/h1-15,17,27H,16,18H2/t27-/m1/s1. The van der Waals surface area contributed by atoms with Crippen LogP contribution in [0.4, 0.5) is 0 Å². The van der Waals surface area contributed by atoms with Crippen molar-refractivity contribution in [2.24, 2.45) is 0 Å². The first-order valence-electron chi connectivity index (χ1n) is 10.9. The zero-order valence-electron chi connectivity index (χ0n) is 17.8. The molecule has 5 aromatic rings. The molecular formula is C27H21N3O2S. The van der Waals surface area contributed by atoms with Crippen molar-refractivity contribution in [1.82, 2.24) is 14.7 Å². The first kappa shape index (κ1) is 19.9. The molecule has 0 aliphatic carbocycles. The Kier molecular flexibility index (Phi) is 5.00. The number of hydrogen-bond donors (Lipinski definition) is 0. The van der Waals surface area contributed by atoms with E-state index in [-0.39, 0.29) is 11.3 Å². The lowest BCUT2D eigenvalue weighted by atomic mass is 10.1. The highest BCUT2D eigenvalue weighted by Gasteiger charge is 2.36. The number of nitrogens with zero attached hydrogens (tertiary/aromatic N) is 3. The maximum absolute atomic E-state index is 12.9. The number of hydrogen-bond acceptors (Lipinski definition) is 4. The van der Waals surface area contributed by atoms with E-state index in [1.165, 1.54) is 0 Å². The lowest BCUT2D eigenvalue weighted by molar-refractivity contribution is -0.128. The van der Waals surface area contributed by atoms with Crippen LogP contribution < -0.4 is 0 Å². The van der Waals surface area contributed by atoms with Crippen LogP contribution in [0.1, 0.15) is 16.5 Å². The summed E-state index contributed by atoms with van der Waals surface area (Å²) in [5.41, 5.74) is 4.64. The van der Waals surface area contributed by atoms with E-state index in [1.54, 1.807) is 11.8 Å². The van der Waals surface area contributed by atoms with Gasteiger partial charge in [-0.05, 0) is 29.8 Å². The molecule has 0 radical (unpaired) electrons. The van der Waals surface area contributed by atoms with Crippen LogP contribution in [0.15, 0.2) is 102 Å². The average molecular weight is 452 g/mol. The van der Waals surface area contributed by atoms with Gasteiger partial charge in [0.1, 0.15) is 16.7 Å². The number of furan rings is 1. The maximum Gasteiger partial charge on any atom is 0.234 e.